The lowest BCUT2D eigenvalue weighted by Crippen LogP contribution is -2.36. The van der Waals surface area contributed by atoms with Crippen molar-refractivity contribution in [2.75, 3.05) is 19.8 Å². The van der Waals surface area contributed by atoms with E-state index in [0.717, 1.165) is 39.0 Å². The molecular weight excluding hydrogens is 234 g/mol. The van der Waals surface area contributed by atoms with E-state index in [4.69, 9.17) is 4.74 Å². The van der Waals surface area contributed by atoms with Gasteiger partial charge in [0, 0.05) is 18.8 Å². The molecule has 1 rings (SSSR count). The standard InChI is InChI=1S/C17H29NO/c1-17(2,3)18-13-7-8-14-19-15-9-12-16-10-5-4-6-11-16/h4-6,10-11,18H,7-9,12-15H2,1-3H3. The van der Waals surface area contributed by atoms with Crippen molar-refractivity contribution in [1.29, 1.82) is 0 Å². The minimum Gasteiger partial charge on any atom is -0.381 e. The third-order valence-corrected chi connectivity index (χ3v) is 2.97. The van der Waals surface area contributed by atoms with Gasteiger partial charge in [-0.25, -0.2) is 0 Å². The van der Waals surface area contributed by atoms with Crippen LogP contribution in [0.5, 0.6) is 0 Å². The summed E-state index contributed by atoms with van der Waals surface area (Å²) in [6, 6.07) is 10.6. The quantitative estimate of drug-likeness (QED) is 0.684. The predicted molar refractivity (Wildman–Crippen MR) is 82.6 cm³/mol. The van der Waals surface area contributed by atoms with Gasteiger partial charge >= 0.3 is 0 Å². The van der Waals surface area contributed by atoms with Gasteiger partial charge in [0.25, 0.3) is 0 Å². The van der Waals surface area contributed by atoms with Gasteiger partial charge in [-0.05, 0) is 58.6 Å². The Morgan fingerprint density at radius 2 is 1.63 bits per heavy atom. The van der Waals surface area contributed by atoms with E-state index in [9.17, 15) is 0 Å². The molecule has 0 aliphatic rings. The largest absolute Gasteiger partial charge is 0.381 e. The lowest BCUT2D eigenvalue weighted by molar-refractivity contribution is 0.128. The molecule has 0 aliphatic carbocycles. The van der Waals surface area contributed by atoms with Crippen LogP contribution in [0.2, 0.25) is 0 Å². The second-order valence-electron chi connectivity index (χ2n) is 6.09. The minimum atomic E-state index is 0.233. The fourth-order valence-electron chi connectivity index (χ4n) is 1.92. The highest BCUT2D eigenvalue weighted by molar-refractivity contribution is 5.14. The van der Waals surface area contributed by atoms with Crippen LogP contribution in [0.4, 0.5) is 0 Å². The summed E-state index contributed by atoms with van der Waals surface area (Å²) in [7, 11) is 0. The van der Waals surface area contributed by atoms with Crippen molar-refractivity contribution >= 4 is 0 Å². The molecule has 2 heteroatoms. The molecular formula is C17H29NO. The van der Waals surface area contributed by atoms with Crippen molar-refractivity contribution < 1.29 is 4.74 Å². The van der Waals surface area contributed by atoms with Crippen molar-refractivity contribution in [1.82, 2.24) is 5.32 Å². The summed E-state index contributed by atoms with van der Waals surface area (Å²) in [6.45, 7) is 9.45. The van der Waals surface area contributed by atoms with Crippen LogP contribution in [0.25, 0.3) is 0 Å². The van der Waals surface area contributed by atoms with Crippen LogP contribution in [-0.4, -0.2) is 25.3 Å². The summed E-state index contributed by atoms with van der Waals surface area (Å²) in [4.78, 5) is 0. The molecule has 0 saturated heterocycles. The lowest BCUT2D eigenvalue weighted by Gasteiger charge is -2.20. The van der Waals surface area contributed by atoms with Crippen molar-refractivity contribution in [2.45, 2.75) is 52.0 Å². The third-order valence-electron chi connectivity index (χ3n) is 2.97. The van der Waals surface area contributed by atoms with E-state index in [-0.39, 0.29) is 5.54 Å². The summed E-state index contributed by atoms with van der Waals surface area (Å²) in [5.74, 6) is 0. The van der Waals surface area contributed by atoms with E-state index in [1.54, 1.807) is 0 Å². The van der Waals surface area contributed by atoms with Gasteiger partial charge in [-0.1, -0.05) is 30.3 Å². The molecule has 0 atom stereocenters. The van der Waals surface area contributed by atoms with Crippen LogP contribution in [0, 0.1) is 0 Å². The van der Waals surface area contributed by atoms with Gasteiger partial charge in [0.05, 0.1) is 0 Å². The number of hydrogen-bond donors (Lipinski definition) is 1. The summed E-state index contributed by atoms with van der Waals surface area (Å²) < 4.78 is 5.66. The number of benzene rings is 1. The molecule has 0 unspecified atom stereocenters. The fourth-order valence-corrected chi connectivity index (χ4v) is 1.92. The number of rotatable bonds is 9. The predicted octanol–water partition coefficient (Wildman–Crippen LogP) is 3.80. The zero-order valence-corrected chi connectivity index (χ0v) is 12.7. The van der Waals surface area contributed by atoms with Crippen LogP contribution in [0.1, 0.15) is 45.6 Å². The Balaban J connectivity index is 1.87. The molecule has 0 fully saturated rings. The first kappa shape index (κ1) is 16.2. The molecule has 1 aromatic carbocycles. The minimum absolute atomic E-state index is 0.233. The van der Waals surface area contributed by atoms with Crippen LogP contribution < -0.4 is 5.32 Å². The summed E-state index contributed by atoms with van der Waals surface area (Å²) >= 11 is 0. The van der Waals surface area contributed by atoms with Gasteiger partial charge in [-0.3, -0.25) is 0 Å². The van der Waals surface area contributed by atoms with Crippen LogP contribution in [0.15, 0.2) is 30.3 Å². The molecule has 0 aliphatic heterocycles. The average Bonchev–Trinajstić information content (AvgIpc) is 2.37. The zero-order valence-electron chi connectivity index (χ0n) is 12.7. The van der Waals surface area contributed by atoms with E-state index < -0.39 is 0 Å². The van der Waals surface area contributed by atoms with Crippen LogP contribution in [0.3, 0.4) is 0 Å². The SMILES string of the molecule is CC(C)(C)NCCCCOCCCc1ccccc1. The highest BCUT2D eigenvalue weighted by Crippen LogP contribution is 2.03. The maximum absolute atomic E-state index is 5.66. The monoisotopic (exact) mass is 263 g/mol. The highest BCUT2D eigenvalue weighted by atomic mass is 16.5. The maximum atomic E-state index is 5.66. The zero-order chi connectivity index (χ0) is 14.0. The van der Waals surface area contributed by atoms with Gasteiger partial charge in [-0.15, -0.1) is 0 Å². The Labute approximate surface area is 118 Å². The maximum Gasteiger partial charge on any atom is 0.0469 e. The van der Waals surface area contributed by atoms with Crippen molar-refractivity contribution in [3.8, 4) is 0 Å². The third kappa shape index (κ3) is 9.69. The molecule has 2 nitrogen and oxygen atoms in total. The van der Waals surface area contributed by atoms with Crippen LogP contribution in [-0.2, 0) is 11.2 Å². The van der Waals surface area contributed by atoms with Crippen LogP contribution >= 0.6 is 0 Å². The van der Waals surface area contributed by atoms with E-state index in [1.165, 1.54) is 12.0 Å². The van der Waals surface area contributed by atoms with Crippen molar-refractivity contribution in [3.63, 3.8) is 0 Å². The first-order valence-corrected chi connectivity index (χ1v) is 7.45. The Morgan fingerprint density at radius 3 is 2.32 bits per heavy atom. The Kier molecular flexibility index (Phi) is 7.76. The molecule has 0 aromatic heterocycles. The van der Waals surface area contributed by atoms with Crippen molar-refractivity contribution in [3.05, 3.63) is 35.9 Å². The van der Waals surface area contributed by atoms with Gasteiger partial charge in [0.1, 0.15) is 0 Å². The second kappa shape index (κ2) is 9.11. The van der Waals surface area contributed by atoms with Gasteiger partial charge in [-0.2, -0.15) is 0 Å². The molecule has 0 radical (unpaired) electrons. The topological polar surface area (TPSA) is 21.3 Å². The van der Waals surface area contributed by atoms with Gasteiger partial charge in [0.15, 0.2) is 0 Å². The van der Waals surface area contributed by atoms with E-state index in [0.29, 0.717) is 0 Å². The van der Waals surface area contributed by atoms with E-state index in [2.05, 4.69) is 56.4 Å². The van der Waals surface area contributed by atoms with Gasteiger partial charge in [0.2, 0.25) is 0 Å². The van der Waals surface area contributed by atoms with Gasteiger partial charge < -0.3 is 10.1 Å². The average molecular weight is 263 g/mol. The number of hydrogen-bond acceptors (Lipinski definition) is 2. The molecule has 0 spiro atoms. The Bertz CT molecular complexity index is 316. The Hall–Kier alpha value is -0.860. The smallest absolute Gasteiger partial charge is 0.0469 e. The number of aryl methyl sites for hydroxylation is 1. The molecule has 0 saturated carbocycles. The molecule has 108 valence electrons. The van der Waals surface area contributed by atoms with E-state index >= 15 is 0 Å². The molecule has 0 heterocycles. The number of nitrogens with one attached hydrogen (secondary N) is 1. The lowest BCUT2D eigenvalue weighted by atomic mass is 10.1. The summed E-state index contributed by atoms with van der Waals surface area (Å²) in [5, 5.41) is 3.49. The fraction of sp³-hybridized carbons (Fsp3) is 0.647. The number of unbranched alkanes of at least 4 members (excludes halogenated alkanes) is 1. The van der Waals surface area contributed by atoms with E-state index in [1.807, 2.05) is 0 Å². The Morgan fingerprint density at radius 1 is 0.947 bits per heavy atom. The van der Waals surface area contributed by atoms with Crippen molar-refractivity contribution in [2.24, 2.45) is 0 Å². The summed E-state index contributed by atoms with van der Waals surface area (Å²) in [5.41, 5.74) is 1.64. The first-order valence-electron chi connectivity index (χ1n) is 7.45. The summed E-state index contributed by atoms with van der Waals surface area (Å²) in [6.07, 6.45) is 4.57. The molecule has 1 N–H and O–H groups in total. The first-order chi connectivity index (χ1) is 9.08. The molecule has 19 heavy (non-hydrogen) atoms. The molecule has 1 aromatic rings. The molecule has 0 amide bonds. The molecule has 0 bridgehead atoms. The highest BCUT2D eigenvalue weighted by Gasteiger charge is 2.06. The normalized spacial score (nSPS) is 11.7. The number of ether oxygens (including phenoxy) is 1. The second-order valence-corrected chi connectivity index (χ2v) is 6.09.